The highest BCUT2D eigenvalue weighted by Gasteiger charge is 2.24. The van der Waals surface area contributed by atoms with Crippen molar-refractivity contribution in [2.45, 2.75) is 6.42 Å². The maximum Gasteiger partial charge on any atom is 0.315 e. The number of halogens is 1. The Kier molecular flexibility index (Phi) is 2.68. The Morgan fingerprint density at radius 3 is 2.83 bits per heavy atom. The summed E-state index contributed by atoms with van der Waals surface area (Å²) in [6.45, 7) is 0. The third kappa shape index (κ3) is 2.05. The van der Waals surface area contributed by atoms with Crippen LogP contribution in [0.2, 0.25) is 5.02 Å². The quantitative estimate of drug-likeness (QED) is 0.611. The van der Waals surface area contributed by atoms with Crippen LogP contribution in [0, 0.1) is 0 Å². The van der Waals surface area contributed by atoms with Crippen molar-refractivity contribution in [2.75, 3.05) is 0 Å². The van der Waals surface area contributed by atoms with Gasteiger partial charge in [0.1, 0.15) is 5.75 Å². The summed E-state index contributed by atoms with van der Waals surface area (Å²) in [5, 5.41) is 0.595. The molecule has 1 aliphatic heterocycles. The lowest BCUT2D eigenvalue weighted by atomic mass is 10.1. The molecule has 0 fully saturated rings. The van der Waals surface area contributed by atoms with Gasteiger partial charge in [0.2, 0.25) is 0 Å². The number of esters is 1. The lowest BCUT2D eigenvalue weighted by Crippen LogP contribution is -2.00. The predicted octanol–water partition coefficient (Wildman–Crippen LogP) is 3.59. The molecule has 3 rings (SSSR count). The topological polar surface area (TPSA) is 35.5 Å². The van der Waals surface area contributed by atoms with Crippen molar-refractivity contribution >= 4 is 17.6 Å². The Labute approximate surface area is 109 Å². The van der Waals surface area contributed by atoms with E-state index in [0.29, 0.717) is 28.7 Å². The molecule has 0 unspecified atom stereocenters. The third-order valence-corrected chi connectivity index (χ3v) is 2.87. The van der Waals surface area contributed by atoms with Crippen LogP contribution in [0.4, 0.5) is 0 Å². The van der Waals surface area contributed by atoms with Gasteiger partial charge in [0.15, 0.2) is 11.5 Å². The largest absolute Gasteiger partial charge is 0.453 e. The molecule has 90 valence electrons. The molecule has 0 bridgehead atoms. The van der Waals surface area contributed by atoms with Gasteiger partial charge in [0, 0.05) is 10.6 Å². The van der Waals surface area contributed by atoms with E-state index in [9.17, 15) is 4.79 Å². The van der Waals surface area contributed by atoms with Gasteiger partial charge < -0.3 is 9.47 Å². The number of carbonyl (C=O) groups excluding carboxylic acids is 1. The molecule has 0 amide bonds. The van der Waals surface area contributed by atoms with Gasteiger partial charge in [0.05, 0.1) is 6.42 Å². The summed E-state index contributed by atoms with van der Waals surface area (Å²) in [6, 6.07) is 12.5. The van der Waals surface area contributed by atoms with E-state index in [-0.39, 0.29) is 5.97 Å². The first-order chi connectivity index (χ1) is 8.72. The van der Waals surface area contributed by atoms with Crippen LogP contribution < -0.4 is 9.47 Å². The van der Waals surface area contributed by atoms with Crippen LogP contribution in [0.5, 0.6) is 17.2 Å². The number of ether oxygens (including phenoxy) is 2. The van der Waals surface area contributed by atoms with Crippen LogP contribution in [0.1, 0.15) is 5.56 Å². The molecule has 0 atom stereocenters. The second kappa shape index (κ2) is 4.35. The molecular weight excluding hydrogens is 252 g/mol. The van der Waals surface area contributed by atoms with Crippen LogP contribution in [0.3, 0.4) is 0 Å². The summed E-state index contributed by atoms with van der Waals surface area (Å²) < 4.78 is 10.8. The fraction of sp³-hybridized carbons (Fsp3) is 0.0714. The normalized spacial score (nSPS) is 13.1. The Hall–Kier alpha value is -2.00. The minimum atomic E-state index is -0.257. The summed E-state index contributed by atoms with van der Waals surface area (Å²) in [6.07, 6.45) is 0.294. The number of hydrogen-bond acceptors (Lipinski definition) is 3. The van der Waals surface area contributed by atoms with Gasteiger partial charge in [0.25, 0.3) is 0 Å². The SMILES string of the molecule is O=C1Cc2cccc(Oc3cccc(Cl)c3)c2O1. The van der Waals surface area contributed by atoms with Crippen molar-refractivity contribution in [3.05, 3.63) is 53.1 Å². The summed E-state index contributed by atoms with van der Waals surface area (Å²) in [4.78, 5) is 11.3. The van der Waals surface area contributed by atoms with Crippen molar-refractivity contribution in [3.63, 3.8) is 0 Å². The van der Waals surface area contributed by atoms with Gasteiger partial charge in [-0.2, -0.15) is 0 Å². The smallest absolute Gasteiger partial charge is 0.315 e. The first-order valence-electron chi connectivity index (χ1n) is 5.48. The zero-order valence-corrected chi connectivity index (χ0v) is 10.1. The molecule has 0 radical (unpaired) electrons. The van der Waals surface area contributed by atoms with E-state index in [4.69, 9.17) is 21.1 Å². The molecule has 0 saturated heterocycles. The zero-order valence-electron chi connectivity index (χ0n) is 9.35. The number of fused-ring (bicyclic) bond motifs is 1. The number of para-hydroxylation sites is 1. The highest BCUT2D eigenvalue weighted by atomic mass is 35.5. The maximum absolute atomic E-state index is 11.3. The first-order valence-corrected chi connectivity index (χ1v) is 5.86. The fourth-order valence-electron chi connectivity index (χ4n) is 1.86. The van der Waals surface area contributed by atoms with Crippen LogP contribution in [-0.2, 0) is 11.2 Å². The van der Waals surface area contributed by atoms with Gasteiger partial charge in [-0.3, -0.25) is 4.79 Å². The van der Waals surface area contributed by atoms with Crippen molar-refractivity contribution < 1.29 is 14.3 Å². The standard InChI is InChI=1S/C14H9ClO3/c15-10-4-2-5-11(8-10)17-12-6-1-3-9-7-13(16)18-14(9)12/h1-6,8H,7H2. The van der Waals surface area contributed by atoms with Gasteiger partial charge in [-0.15, -0.1) is 0 Å². The molecular formula is C14H9ClO3. The minimum absolute atomic E-state index is 0.257. The van der Waals surface area contributed by atoms with Crippen molar-refractivity contribution in [2.24, 2.45) is 0 Å². The predicted molar refractivity (Wildman–Crippen MR) is 67.3 cm³/mol. The van der Waals surface area contributed by atoms with Crippen LogP contribution in [0.25, 0.3) is 0 Å². The summed E-state index contributed by atoms with van der Waals surface area (Å²) in [5.41, 5.74) is 0.847. The van der Waals surface area contributed by atoms with E-state index in [2.05, 4.69) is 0 Å². The van der Waals surface area contributed by atoms with Crippen molar-refractivity contribution in [1.82, 2.24) is 0 Å². The molecule has 2 aromatic carbocycles. The monoisotopic (exact) mass is 260 g/mol. The number of rotatable bonds is 2. The van der Waals surface area contributed by atoms with Crippen molar-refractivity contribution in [3.8, 4) is 17.2 Å². The average molecular weight is 261 g/mol. The Morgan fingerprint density at radius 2 is 2.00 bits per heavy atom. The lowest BCUT2D eigenvalue weighted by Gasteiger charge is -2.09. The average Bonchev–Trinajstić information content (AvgIpc) is 2.71. The highest BCUT2D eigenvalue weighted by molar-refractivity contribution is 6.30. The van der Waals surface area contributed by atoms with Gasteiger partial charge in [-0.25, -0.2) is 0 Å². The van der Waals surface area contributed by atoms with Crippen LogP contribution in [0.15, 0.2) is 42.5 Å². The lowest BCUT2D eigenvalue weighted by molar-refractivity contribution is -0.131. The molecule has 0 aromatic heterocycles. The number of carbonyl (C=O) groups is 1. The second-order valence-corrected chi connectivity index (χ2v) is 4.39. The van der Waals surface area contributed by atoms with Crippen LogP contribution in [-0.4, -0.2) is 5.97 Å². The van der Waals surface area contributed by atoms with E-state index in [1.54, 1.807) is 30.3 Å². The molecule has 1 aliphatic rings. The second-order valence-electron chi connectivity index (χ2n) is 3.95. The highest BCUT2D eigenvalue weighted by Crippen LogP contribution is 2.38. The molecule has 0 N–H and O–H groups in total. The molecule has 3 nitrogen and oxygen atoms in total. The summed E-state index contributed by atoms with van der Waals surface area (Å²) in [5.74, 6) is 1.38. The first kappa shape index (κ1) is 11.1. The molecule has 2 aromatic rings. The fourth-order valence-corrected chi connectivity index (χ4v) is 2.04. The molecule has 18 heavy (non-hydrogen) atoms. The number of hydrogen-bond donors (Lipinski definition) is 0. The van der Waals surface area contributed by atoms with E-state index in [0.717, 1.165) is 5.56 Å². The Balaban J connectivity index is 1.95. The van der Waals surface area contributed by atoms with Gasteiger partial charge in [-0.05, 0) is 24.3 Å². The van der Waals surface area contributed by atoms with Gasteiger partial charge in [-0.1, -0.05) is 29.8 Å². The van der Waals surface area contributed by atoms with E-state index in [1.165, 1.54) is 0 Å². The zero-order chi connectivity index (χ0) is 12.5. The molecule has 1 heterocycles. The third-order valence-electron chi connectivity index (χ3n) is 2.64. The van der Waals surface area contributed by atoms with Crippen LogP contribution >= 0.6 is 11.6 Å². The summed E-state index contributed by atoms with van der Waals surface area (Å²) in [7, 11) is 0. The summed E-state index contributed by atoms with van der Waals surface area (Å²) >= 11 is 5.89. The van der Waals surface area contributed by atoms with Gasteiger partial charge >= 0.3 is 5.97 Å². The minimum Gasteiger partial charge on any atom is -0.453 e. The Bertz CT molecular complexity index is 622. The maximum atomic E-state index is 11.3. The van der Waals surface area contributed by atoms with Crippen molar-refractivity contribution in [1.29, 1.82) is 0 Å². The van der Waals surface area contributed by atoms with E-state index >= 15 is 0 Å². The molecule has 0 spiro atoms. The van der Waals surface area contributed by atoms with E-state index < -0.39 is 0 Å². The molecule has 0 aliphatic carbocycles. The molecule has 0 saturated carbocycles. The molecule has 4 heteroatoms. The number of benzene rings is 2. The Morgan fingerprint density at radius 1 is 1.17 bits per heavy atom. The van der Waals surface area contributed by atoms with E-state index in [1.807, 2.05) is 12.1 Å².